The Labute approximate surface area is 270 Å². The standard InChI is InChI=1S/C35H31F3N6OS/c36-35(37,38)32-8-4-3-7-28(32)21-43(34(46)42-30-14-13-26-5-1-2-6-27(26)15-30)22-29(18-40)33(45)16-31-19-41-23-44(31)20-25-11-9-24(17-39)10-12-25/h1-15,19,23,29H,16,18,20-22,40H2,(H,42,46)/t29-/m0/s1. The Morgan fingerprint density at radius 3 is 2.46 bits per heavy atom. The van der Waals surface area contributed by atoms with Crippen molar-refractivity contribution in [3.05, 3.63) is 131 Å². The van der Waals surface area contributed by atoms with Gasteiger partial charge in [-0.15, -0.1) is 0 Å². The summed E-state index contributed by atoms with van der Waals surface area (Å²) in [5, 5.41) is 14.4. The summed E-state index contributed by atoms with van der Waals surface area (Å²) in [4.78, 5) is 19.4. The SMILES string of the molecule is N#Cc1ccc(Cn2cncc2CC(=O)[C@@H](CN)CN(Cc2ccccc2C(F)(F)F)C(=S)Nc2ccc3ccccc3c2)cc1. The maximum absolute atomic E-state index is 13.9. The van der Waals surface area contributed by atoms with Gasteiger partial charge in [0.1, 0.15) is 5.78 Å². The van der Waals surface area contributed by atoms with Gasteiger partial charge in [0.25, 0.3) is 0 Å². The molecule has 1 heterocycles. The molecular formula is C35H31F3N6OS. The minimum atomic E-state index is -4.56. The molecule has 0 aliphatic rings. The van der Waals surface area contributed by atoms with Gasteiger partial charge in [-0.25, -0.2) is 4.98 Å². The van der Waals surface area contributed by atoms with Crippen LogP contribution in [0, 0.1) is 17.2 Å². The second kappa shape index (κ2) is 14.4. The van der Waals surface area contributed by atoms with E-state index in [-0.39, 0.29) is 42.5 Å². The number of hydrogen-bond acceptors (Lipinski definition) is 5. The van der Waals surface area contributed by atoms with E-state index in [1.165, 1.54) is 12.1 Å². The fourth-order valence-electron chi connectivity index (χ4n) is 5.25. The molecule has 0 unspecified atom stereocenters. The van der Waals surface area contributed by atoms with E-state index in [4.69, 9.17) is 23.2 Å². The molecule has 11 heteroatoms. The van der Waals surface area contributed by atoms with Gasteiger partial charge < -0.3 is 20.5 Å². The molecule has 4 aromatic carbocycles. The van der Waals surface area contributed by atoms with Crippen molar-refractivity contribution in [3.8, 4) is 6.07 Å². The number of nitriles is 1. The van der Waals surface area contributed by atoms with Gasteiger partial charge in [0.15, 0.2) is 5.11 Å². The lowest BCUT2D eigenvalue weighted by atomic mass is 9.99. The minimum absolute atomic E-state index is 0.00466. The van der Waals surface area contributed by atoms with E-state index in [9.17, 15) is 18.0 Å². The molecule has 46 heavy (non-hydrogen) atoms. The number of hydrogen-bond donors (Lipinski definition) is 2. The fourth-order valence-corrected chi connectivity index (χ4v) is 5.50. The van der Waals surface area contributed by atoms with Crippen LogP contribution in [0.5, 0.6) is 0 Å². The van der Waals surface area contributed by atoms with Crippen LogP contribution in [0.1, 0.15) is 27.9 Å². The number of nitrogens with zero attached hydrogens (tertiary/aromatic N) is 4. The molecule has 0 saturated heterocycles. The van der Waals surface area contributed by atoms with Crippen molar-refractivity contribution < 1.29 is 18.0 Å². The summed E-state index contributed by atoms with van der Waals surface area (Å²) in [6.45, 7) is 0.237. The number of alkyl halides is 3. The highest BCUT2D eigenvalue weighted by molar-refractivity contribution is 7.80. The van der Waals surface area contributed by atoms with Crippen molar-refractivity contribution in [3.63, 3.8) is 0 Å². The number of fused-ring (bicyclic) bond motifs is 1. The highest BCUT2D eigenvalue weighted by Crippen LogP contribution is 2.33. The topological polar surface area (TPSA) is 100.0 Å². The molecule has 5 aromatic rings. The predicted molar refractivity (Wildman–Crippen MR) is 176 cm³/mol. The van der Waals surface area contributed by atoms with E-state index >= 15 is 0 Å². The van der Waals surface area contributed by atoms with Gasteiger partial charge >= 0.3 is 6.18 Å². The molecule has 0 aliphatic heterocycles. The van der Waals surface area contributed by atoms with Gasteiger partial charge in [-0.3, -0.25) is 4.79 Å². The number of halogens is 3. The lowest BCUT2D eigenvalue weighted by Gasteiger charge is -2.30. The average molecular weight is 641 g/mol. The summed E-state index contributed by atoms with van der Waals surface area (Å²) in [6, 6.07) is 28.0. The van der Waals surface area contributed by atoms with Gasteiger partial charge in [0.2, 0.25) is 0 Å². The first-order valence-corrected chi connectivity index (χ1v) is 15.0. The van der Waals surface area contributed by atoms with E-state index in [2.05, 4.69) is 16.4 Å². The molecule has 0 saturated carbocycles. The van der Waals surface area contributed by atoms with Crippen molar-refractivity contribution in [2.45, 2.75) is 25.7 Å². The minimum Gasteiger partial charge on any atom is -0.344 e. The Bertz CT molecular complexity index is 1880. The monoisotopic (exact) mass is 640 g/mol. The molecular weight excluding hydrogens is 609 g/mol. The zero-order chi connectivity index (χ0) is 32.7. The van der Waals surface area contributed by atoms with Crippen molar-refractivity contribution in [1.29, 1.82) is 5.26 Å². The second-order valence-corrected chi connectivity index (χ2v) is 11.3. The number of carbonyl (C=O) groups is 1. The first kappa shape index (κ1) is 32.3. The van der Waals surface area contributed by atoms with Crippen LogP contribution in [-0.2, 0) is 30.5 Å². The van der Waals surface area contributed by atoms with Crippen LogP contribution >= 0.6 is 12.2 Å². The maximum atomic E-state index is 13.9. The van der Waals surface area contributed by atoms with Crippen molar-refractivity contribution in [1.82, 2.24) is 14.5 Å². The first-order chi connectivity index (χ1) is 22.1. The largest absolute Gasteiger partial charge is 0.416 e. The molecule has 0 bridgehead atoms. The van der Waals surface area contributed by atoms with E-state index in [1.807, 2.05) is 59.2 Å². The quantitative estimate of drug-likeness (QED) is 0.158. The summed E-state index contributed by atoms with van der Waals surface area (Å²) in [5.41, 5.74) is 8.18. The third-order valence-corrected chi connectivity index (χ3v) is 8.10. The van der Waals surface area contributed by atoms with Gasteiger partial charge in [-0.1, -0.05) is 60.7 Å². The molecule has 1 aromatic heterocycles. The van der Waals surface area contributed by atoms with Crippen LogP contribution in [0.2, 0.25) is 0 Å². The number of benzene rings is 4. The molecule has 5 rings (SSSR count). The lowest BCUT2D eigenvalue weighted by Crippen LogP contribution is -2.43. The molecule has 1 atom stereocenters. The van der Waals surface area contributed by atoms with Crippen LogP contribution in [-0.4, -0.2) is 38.4 Å². The molecule has 0 aliphatic carbocycles. The number of aromatic nitrogens is 2. The summed E-state index contributed by atoms with van der Waals surface area (Å²) in [6.07, 6.45) is -1.30. The summed E-state index contributed by atoms with van der Waals surface area (Å²) < 4.78 is 43.6. The summed E-state index contributed by atoms with van der Waals surface area (Å²) in [7, 11) is 0. The Kier molecular flexibility index (Phi) is 10.1. The highest BCUT2D eigenvalue weighted by atomic mass is 32.1. The van der Waals surface area contributed by atoms with Gasteiger partial charge in [-0.05, 0) is 64.4 Å². The van der Waals surface area contributed by atoms with Gasteiger partial charge in [-0.2, -0.15) is 18.4 Å². The fraction of sp³-hybridized carbons (Fsp3) is 0.200. The van der Waals surface area contributed by atoms with Gasteiger partial charge in [0.05, 0.1) is 23.5 Å². The molecule has 7 nitrogen and oxygen atoms in total. The average Bonchev–Trinajstić information content (AvgIpc) is 3.48. The number of nitrogens with two attached hydrogens (primary N) is 1. The number of Topliss-reactive ketones (excluding diaryl/α,β-unsaturated/α-hetero) is 1. The maximum Gasteiger partial charge on any atom is 0.416 e. The molecule has 234 valence electrons. The van der Waals surface area contributed by atoms with E-state index in [0.29, 0.717) is 23.5 Å². The zero-order valence-corrected chi connectivity index (χ0v) is 25.6. The Morgan fingerprint density at radius 2 is 1.74 bits per heavy atom. The highest BCUT2D eigenvalue weighted by Gasteiger charge is 2.34. The number of carbonyl (C=O) groups excluding carboxylic acids is 1. The molecule has 3 N–H and O–H groups in total. The van der Waals surface area contributed by atoms with Crippen LogP contribution in [0.3, 0.4) is 0 Å². The van der Waals surface area contributed by atoms with Crippen molar-refractivity contribution >= 4 is 39.6 Å². The molecule has 0 fully saturated rings. The van der Waals surface area contributed by atoms with Crippen LogP contribution in [0.25, 0.3) is 10.8 Å². The molecule has 0 radical (unpaired) electrons. The number of ketones is 1. The van der Waals surface area contributed by atoms with Crippen molar-refractivity contribution in [2.24, 2.45) is 11.7 Å². The molecule has 0 spiro atoms. The third-order valence-electron chi connectivity index (χ3n) is 7.74. The number of imidazole rings is 1. The summed E-state index contributed by atoms with van der Waals surface area (Å²) >= 11 is 5.74. The Morgan fingerprint density at radius 1 is 1.02 bits per heavy atom. The summed E-state index contributed by atoms with van der Waals surface area (Å²) in [5.74, 6) is -0.917. The first-order valence-electron chi connectivity index (χ1n) is 14.5. The third kappa shape index (κ3) is 7.96. The second-order valence-electron chi connectivity index (χ2n) is 10.9. The number of thiocarbonyl (C=S) groups is 1. The lowest BCUT2D eigenvalue weighted by molar-refractivity contribution is -0.138. The van der Waals surface area contributed by atoms with E-state index in [1.54, 1.807) is 35.6 Å². The van der Waals surface area contributed by atoms with Crippen molar-refractivity contribution in [2.75, 3.05) is 18.4 Å². The van der Waals surface area contributed by atoms with E-state index in [0.717, 1.165) is 22.4 Å². The Hall–Kier alpha value is -5.05. The van der Waals surface area contributed by atoms with E-state index < -0.39 is 17.7 Å². The normalized spacial score (nSPS) is 12.0. The van der Waals surface area contributed by atoms with Crippen LogP contribution in [0.15, 0.2) is 104 Å². The van der Waals surface area contributed by atoms with Gasteiger partial charge in [0, 0.05) is 56.1 Å². The Balaban J connectivity index is 1.37. The van der Waals surface area contributed by atoms with Crippen LogP contribution < -0.4 is 11.1 Å². The predicted octanol–water partition coefficient (Wildman–Crippen LogP) is 6.56. The zero-order valence-electron chi connectivity index (χ0n) is 24.7. The number of nitrogens with one attached hydrogen (secondary N) is 1. The number of anilines is 1. The number of rotatable bonds is 11. The molecule has 0 amide bonds. The smallest absolute Gasteiger partial charge is 0.344 e. The van der Waals surface area contributed by atoms with Crippen LogP contribution in [0.4, 0.5) is 18.9 Å².